The standard InChI is InChI=1S/C12H12O2/c1-2-4-10-5-3-6-11(9-10)7-8-12(13)14/h2-3,5-9H,1,4H2,(H,13,14)/b8-7+. The predicted molar refractivity (Wildman–Crippen MR) is 57.0 cm³/mol. The van der Waals surface area contributed by atoms with Crippen LogP contribution in [0.5, 0.6) is 0 Å². The summed E-state index contributed by atoms with van der Waals surface area (Å²) < 4.78 is 0. The monoisotopic (exact) mass is 188 g/mol. The lowest BCUT2D eigenvalue weighted by Gasteiger charge is -1.97. The van der Waals surface area contributed by atoms with Crippen LogP contribution in [0, 0.1) is 0 Å². The Morgan fingerprint density at radius 2 is 2.29 bits per heavy atom. The summed E-state index contributed by atoms with van der Waals surface area (Å²) in [4.78, 5) is 10.3. The molecule has 14 heavy (non-hydrogen) atoms. The van der Waals surface area contributed by atoms with E-state index < -0.39 is 5.97 Å². The lowest BCUT2D eigenvalue weighted by atomic mass is 10.1. The molecule has 0 unspecified atom stereocenters. The Morgan fingerprint density at radius 1 is 1.50 bits per heavy atom. The van der Waals surface area contributed by atoms with Gasteiger partial charge in [0.2, 0.25) is 0 Å². The van der Waals surface area contributed by atoms with Gasteiger partial charge in [0.25, 0.3) is 0 Å². The average Bonchev–Trinajstić information content (AvgIpc) is 2.16. The second-order valence-electron chi connectivity index (χ2n) is 2.91. The molecule has 2 nitrogen and oxygen atoms in total. The maximum atomic E-state index is 10.3. The fourth-order valence-electron chi connectivity index (χ4n) is 1.16. The molecule has 0 amide bonds. The van der Waals surface area contributed by atoms with E-state index in [4.69, 9.17) is 5.11 Å². The van der Waals surface area contributed by atoms with Gasteiger partial charge in [0.1, 0.15) is 0 Å². The molecule has 0 spiro atoms. The second-order valence-corrected chi connectivity index (χ2v) is 2.91. The molecular formula is C12H12O2. The minimum absolute atomic E-state index is 0.800. The maximum absolute atomic E-state index is 10.3. The van der Waals surface area contributed by atoms with E-state index in [1.54, 1.807) is 6.08 Å². The minimum Gasteiger partial charge on any atom is -0.478 e. The molecule has 0 bridgehead atoms. The van der Waals surface area contributed by atoms with Crippen LogP contribution in [0.1, 0.15) is 11.1 Å². The van der Waals surface area contributed by atoms with Crippen LogP contribution in [-0.2, 0) is 11.2 Å². The minimum atomic E-state index is -0.931. The van der Waals surface area contributed by atoms with Crippen molar-refractivity contribution in [1.29, 1.82) is 0 Å². The van der Waals surface area contributed by atoms with E-state index in [9.17, 15) is 4.79 Å². The molecule has 1 aromatic carbocycles. The number of benzene rings is 1. The highest BCUT2D eigenvalue weighted by Gasteiger charge is 1.92. The molecule has 0 radical (unpaired) electrons. The van der Waals surface area contributed by atoms with Gasteiger partial charge in [-0.1, -0.05) is 30.3 Å². The summed E-state index contributed by atoms with van der Waals surface area (Å²) in [5, 5.41) is 8.44. The lowest BCUT2D eigenvalue weighted by molar-refractivity contribution is -0.131. The van der Waals surface area contributed by atoms with Crippen LogP contribution < -0.4 is 0 Å². The highest BCUT2D eigenvalue weighted by molar-refractivity contribution is 5.85. The van der Waals surface area contributed by atoms with Gasteiger partial charge in [0, 0.05) is 6.08 Å². The first kappa shape index (κ1) is 10.3. The number of hydrogen-bond acceptors (Lipinski definition) is 1. The number of carboxylic acid groups (broad SMARTS) is 1. The fraction of sp³-hybridized carbons (Fsp3) is 0.0833. The van der Waals surface area contributed by atoms with Crippen molar-refractivity contribution in [2.24, 2.45) is 0 Å². The summed E-state index contributed by atoms with van der Waals surface area (Å²) >= 11 is 0. The third-order valence-electron chi connectivity index (χ3n) is 1.75. The van der Waals surface area contributed by atoms with Crippen LogP contribution in [-0.4, -0.2) is 11.1 Å². The summed E-state index contributed by atoms with van der Waals surface area (Å²) in [6, 6.07) is 7.70. The predicted octanol–water partition coefficient (Wildman–Crippen LogP) is 2.51. The molecule has 0 saturated heterocycles. The number of hydrogen-bond donors (Lipinski definition) is 1. The van der Waals surface area contributed by atoms with Crippen molar-refractivity contribution >= 4 is 12.0 Å². The molecule has 0 aromatic heterocycles. The van der Waals surface area contributed by atoms with E-state index in [0.717, 1.165) is 23.6 Å². The molecule has 0 saturated carbocycles. The van der Waals surface area contributed by atoms with Crippen molar-refractivity contribution in [3.8, 4) is 0 Å². The zero-order chi connectivity index (χ0) is 10.4. The van der Waals surface area contributed by atoms with E-state index in [1.165, 1.54) is 0 Å². The first-order valence-corrected chi connectivity index (χ1v) is 4.33. The quantitative estimate of drug-likeness (QED) is 0.582. The number of carbonyl (C=O) groups is 1. The Morgan fingerprint density at radius 3 is 2.93 bits per heavy atom. The SMILES string of the molecule is C=CCc1cccc(/C=C/C(=O)O)c1. The van der Waals surface area contributed by atoms with Gasteiger partial charge < -0.3 is 5.11 Å². The number of carboxylic acids is 1. The van der Waals surface area contributed by atoms with Crippen LogP contribution >= 0.6 is 0 Å². The zero-order valence-corrected chi connectivity index (χ0v) is 7.81. The van der Waals surface area contributed by atoms with Crippen LogP contribution in [0.3, 0.4) is 0 Å². The molecule has 1 N–H and O–H groups in total. The summed E-state index contributed by atoms with van der Waals surface area (Å²) in [7, 11) is 0. The first-order chi connectivity index (χ1) is 6.72. The topological polar surface area (TPSA) is 37.3 Å². The lowest BCUT2D eigenvalue weighted by Crippen LogP contribution is -1.86. The van der Waals surface area contributed by atoms with Crippen molar-refractivity contribution in [3.05, 3.63) is 54.1 Å². The molecule has 0 aliphatic heterocycles. The third-order valence-corrected chi connectivity index (χ3v) is 1.75. The van der Waals surface area contributed by atoms with E-state index in [2.05, 4.69) is 6.58 Å². The Bertz CT molecular complexity index is 364. The van der Waals surface area contributed by atoms with Gasteiger partial charge in [-0.3, -0.25) is 0 Å². The van der Waals surface area contributed by atoms with Crippen molar-refractivity contribution in [2.45, 2.75) is 6.42 Å². The molecule has 2 heteroatoms. The van der Waals surface area contributed by atoms with E-state index >= 15 is 0 Å². The van der Waals surface area contributed by atoms with Gasteiger partial charge in [-0.05, 0) is 23.6 Å². The van der Waals surface area contributed by atoms with Crippen molar-refractivity contribution in [2.75, 3.05) is 0 Å². The largest absolute Gasteiger partial charge is 0.478 e. The summed E-state index contributed by atoms with van der Waals surface area (Å²) in [5.41, 5.74) is 2.03. The number of rotatable bonds is 4. The van der Waals surface area contributed by atoms with Crippen LogP contribution in [0.4, 0.5) is 0 Å². The smallest absolute Gasteiger partial charge is 0.328 e. The van der Waals surface area contributed by atoms with Gasteiger partial charge in [-0.2, -0.15) is 0 Å². The molecule has 0 atom stereocenters. The fourth-order valence-corrected chi connectivity index (χ4v) is 1.16. The van der Waals surface area contributed by atoms with E-state index in [0.29, 0.717) is 0 Å². The molecule has 72 valence electrons. The molecule has 0 fully saturated rings. The van der Waals surface area contributed by atoms with Crippen LogP contribution in [0.15, 0.2) is 43.0 Å². The molecule has 1 rings (SSSR count). The molecule has 0 heterocycles. The highest BCUT2D eigenvalue weighted by Crippen LogP contribution is 2.07. The normalized spacial score (nSPS) is 10.3. The third kappa shape index (κ3) is 3.27. The van der Waals surface area contributed by atoms with Crippen LogP contribution in [0.25, 0.3) is 6.08 Å². The molecule has 0 aliphatic carbocycles. The Balaban J connectivity index is 2.82. The summed E-state index contributed by atoms with van der Waals surface area (Å²) in [6.07, 6.45) is 5.33. The van der Waals surface area contributed by atoms with E-state index in [-0.39, 0.29) is 0 Å². The van der Waals surface area contributed by atoms with Gasteiger partial charge >= 0.3 is 5.97 Å². The average molecular weight is 188 g/mol. The molecular weight excluding hydrogens is 176 g/mol. The Hall–Kier alpha value is -1.83. The van der Waals surface area contributed by atoms with Crippen molar-refractivity contribution < 1.29 is 9.90 Å². The van der Waals surface area contributed by atoms with Crippen LogP contribution in [0.2, 0.25) is 0 Å². The second kappa shape index (κ2) is 5.02. The number of allylic oxidation sites excluding steroid dienone is 1. The zero-order valence-electron chi connectivity index (χ0n) is 7.81. The molecule has 0 aliphatic rings. The van der Waals surface area contributed by atoms with Gasteiger partial charge in [-0.25, -0.2) is 4.79 Å². The molecule has 1 aromatic rings. The maximum Gasteiger partial charge on any atom is 0.328 e. The van der Waals surface area contributed by atoms with Crippen molar-refractivity contribution in [3.63, 3.8) is 0 Å². The van der Waals surface area contributed by atoms with Gasteiger partial charge in [-0.15, -0.1) is 6.58 Å². The van der Waals surface area contributed by atoms with E-state index in [1.807, 2.05) is 30.3 Å². The summed E-state index contributed by atoms with van der Waals surface area (Å²) in [5.74, 6) is -0.931. The Kier molecular flexibility index (Phi) is 3.68. The Labute approximate surface area is 83.2 Å². The highest BCUT2D eigenvalue weighted by atomic mass is 16.4. The number of aliphatic carboxylic acids is 1. The van der Waals surface area contributed by atoms with Gasteiger partial charge in [0.15, 0.2) is 0 Å². The first-order valence-electron chi connectivity index (χ1n) is 4.33. The van der Waals surface area contributed by atoms with Gasteiger partial charge in [0.05, 0.1) is 0 Å². The van der Waals surface area contributed by atoms with Crippen molar-refractivity contribution in [1.82, 2.24) is 0 Å². The summed E-state index contributed by atoms with van der Waals surface area (Å²) in [6.45, 7) is 3.65.